The van der Waals surface area contributed by atoms with Crippen LogP contribution in [0.4, 0.5) is 0 Å². The predicted molar refractivity (Wildman–Crippen MR) is 80.0 cm³/mol. The number of aromatic nitrogens is 2. The van der Waals surface area contributed by atoms with Crippen LogP contribution in [-0.4, -0.2) is 21.0 Å². The van der Waals surface area contributed by atoms with Crippen molar-refractivity contribution in [3.05, 3.63) is 63.9 Å². The molecule has 2 N–H and O–H groups in total. The first-order valence-corrected chi connectivity index (χ1v) is 6.87. The normalized spacial score (nSPS) is 10.8. The Morgan fingerprint density at radius 3 is 2.70 bits per heavy atom. The summed E-state index contributed by atoms with van der Waals surface area (Å²) >= 11 is 3.60. The van der Waals surface area contributed by atoms with Gasteiger partial charge in [0, 0.05) is 28.7 Å². The molecule has 0 saturated carbocycles. The Labute approximate surface area is 123 Å². The number of rotatable bonds is 3. The zero-order valence-corrected chi connectivity index (χ0v) is 12.0. The van der Waals surface area contributed by atoms with E-state index in [-0.39, 0.29) is 0 Å². The number of pyridine rings is 1. The summed E-state index contributed by atoms with van der Waals surface area (Å²) in [6.07, 6.45) is 4.39. The number of hydrogen-bond acceptors (Lipinski definition) is 2. The predicted octanol–water partition coefficient (Wildman–Crippen LogP) is 3.61. The van der Waals surface area contributed by atoms with Gasteiger partial charge in [-0.2, -0.15) is 0 Å². The van der Waals surface area contributed by atoms with Crippen molar-refractivity contribution < 1.29 is 9.90 Å². The summed E-state index contributed by atoms with van der Waals surface area (Å²) < 4.78 is 1.02. The first kappa shape index (κ1) is 12.9. The van der Waals surface area contributed by atoms with Crippen LogP contribution in [0.1, 0.15) is 21.5 Å². The maximum atomic E-state index is 10.8. The number of halogens is 1. The summed E-state index contributed by atoms with van der Waals surface area (Å²) in [5.41, 5.74) is 3.27. The topological polar surface area (TPSA) is 66.0 Å². The van der Waals surface area contributed by atoms with Crippen LogP contribution in [0.25, 0.3) is 11.0 Å². The second-order valence-corrected chi connectivity index (χ2v) is 5.31. The van der Waals surface area contributed by atoms with Gasteiger partial charge < -0.3 is 10.1 Å². The van der Waals surface area contributed by atoms with Crippen LogP contribution in [-0.2, 0) is 6.42 Å². The van der Waals surface area contributed by atoms with Crippen LogP contribution in [0.3, 0.4) is 0 Å². The van der Waals surface area contributed by atoms with Crippen LogP contribution >= 0.6 is 15.9 Å². The standard InChI is InChI=1S/C15H11BrN2O2/c16-13-11(8-18-14-12(13)5-6-17-14)7-9-1-3-10(4-2-9)15(19)20/h1-6,8H,7H2,(H,17,18)(H,19,20). The molecule has 0 atom stereocenters. The third-order valence-corrected chi connectivity index (χ3v) is 4.12. The number of aromatic carboxylic acids is 1. The number of aromatic amines is 1. The second-order valence-electron chi connectivity index (χ2n) is 4.52. The molecular weight excluding hydrogens is 320 g/mol. The van der Waals surface area contributed by atoms with Gasteiger partial charge in [-0.15, -0.1) is 0 Å². The summed E-state index contributed by atoms with van der Waals surface area (Å²) in [6, 6.07) is 8.87. The van der Waals surface area contributed by atoms with Crippen molar-refractivity contribution in [2.45, 2.75) is 6.42 Å². The summed E-state index contributed by atoms with van der Waals surface area (Å²) in [6.45, 7) is 0. The van der Waals surface area contributed by atoms with Crippen molar-refractivity contribution in [1.29, 1.82) is 0 Å². The molecule has 3 rings (SSSR count). The number of fused-ring (bicyclic) bond motifs is 1. The maximum absolute atomic E-state index is 10.8. The molecule has 2 aromatic heterocycles. The van der Waals surface area contributed by atoms with Crippen molar-refractivity contribution in [2.24, 2.45) is 0 Å². The number of nitrogens with zero attached hydrogens (tertiary/aromatic N) is 1. The highest BCUT2D eigenvalue weighted by Crippen LogP contribution is 2.27. The average Bonchev–Trinajstić information content (AvgIpc) is 2.92. The summed E-state index contributed by atoms with van der Waals surface area (Å²) in [4.78, 5) is 18.2. The Morgan fingerprint density at radius 2 is 2.00 bits per heavy atom. The van der Waals surface area contributed by atoms with E-state index in [0.717, 1.165) is 26.6 Å². The molecule has 0 fully saturated rings. The van der Waals surface area contributed by atoms with Gasteiger partial charge in [0.2, 0.25) is 0 Å². The molecular formula is C15H11BrN2O2. The molecule has 0 bridgehead atoms. The monoisotopic (exact) mass is 330 g/mol. The molecule has 0 aliphatic heterocycles. The Balaban J connectivity index is 1.92. The molecule has 0 aliphatic rings. The zero-order chi connectivity index (χ0) is 14.1. The van der Waals surface area contributed by atoms with E-state index in [1.165, 1.54) is 0 Å². The van der Waals surface area contributed by atoms with Gasteiger partial charge >= 0.3 is 5.97 Å². The largest absolute Gasteiger partial charge is 0.478 e. The summed E-state index contributed by atoms with van der Waals surface area (Å²) in [7, 11) is 0. The SMILES string of the molecule is O=C(O)c1ccc(Cc2cnc3[nH]ccc3c2Br)cc1. The molecule has 100 valence electrons. The lowest BCUT2D eigenvalue weighted by atomic mass is 10.0. The fourth-order valence-electron chi connectivity index (χ4n) is 2.12. The molecule has 2 heterocycles. The molecule has 0 spiro atoms. The van der Waals surface area contributed by atoms with E-state index in [1.807, 2.05) is 30.6 Å². The third-order valence-electron chi connectivity index (χ3n) is 3.19. The number of nitrogens with one attached hydrogen (secondary N) is 1. The van der Waals surface area contributed by atoms with E-state index < -0.39 is 5.97 Å². The van der Waals surface area contributed by atoms with Crippen molar-refractivity contribution in [3.63, 3.8) is 0 Å². The third kappa shape index (κ3) is 2.32. The summed E-state index contributed by atoms with van der Waals surface area (Å²) in [5, 5.41) is 9.93. The van der Waals surface area contributed by atoms with E-state index in [9.17, 15) is 4.79 Å². The van der Waals surface area contributed by atoms with E-state index in [2.05, 4.69) is 25.9 Å². The minimum atomic E-state index is -0.909. The van der Waals surface area contributed by atoms with Crippen LogP contribution in [0.15, 0.2) is 47.2 Å². The first-order valence-electron chi connectivity index (χ1n) is 6.08. The summed E-state index contributed by atoms with van der Waals surface area (Å²) in [5.74, 6) is -0.909. The fraction of sp³-hybridized carbons (Fsp3) is 0.0667. The lowest BCUT2D eigenvalue weighted by Crippen LogP contribution is -1.97. The first-order chi connectivity index (χ1) is 9.65. The minimum Gasteiger partial charge on any atom is -0.478 e. The van der Waals surface area contributed by atoms with Gasteiger partial charge in [-0.3, -0.25) is 0 Å². The van der Waals surface area contributed by atoms with Crippen molar-refractivity contribution in [3.8, 4) is 0 Å². The molecule has 1 aromatic carbocycles. The highest BCUT2D eigenvalue weighted by Gasteiger charge is 2.08. The van der Waals surface area contributed by atoms with Crippen molar-refractivity contribution >= 4 is 32.9 Å². The van der Waals surface area contributed by atoms with Crippen LogP contribution in [0.5, 0.6) is 0 Å². The van der Waals surface area contributed by atoms with Gasteiger partial charge in [0.25, 0.3) is 0 Å². The Hall–Kier alpha value is -2.14. The van der Waals surface area contributed by atoms with Gasteiger partial charge in [0.15, 0.2) is 0 Å². The smallest absolute Gasteiger partial charge is 0.335 e. The number of benzene rings is 1. The number of carboxylic acid groups (broad SMARTS) is 1. The quantitative estimate of drug-likeness (QED) is 0.770. The van der Waals surface area contributed by atoms with Gasteiger partial charge in [-0.25, -0.2) is 9.78 Å². The molecule has 5 heteroatoms. The van der Waals surface area contributed by atoms with E-state index in [4.69, 9.17) is 5.11 Å². The molecule has 20 heavy (non-hydrogen) atoms. The molecule has 0 amide bonds. The van der Waals surface area contributed by atoms with E-state index in [0.29, 0.717) is 12.0 Å². The maximum Gasteiger partial charge on any atom is 0.335 e. The lowest BCUT2D eigenvalue weighted by molar-refractivity contribution is 0.0697. The number of H-pyrrole nitrogens is 1. The fourth-order valence-corrected chi connectivity index (χ4v) is 2.69. The number of carbonyl (C=O) groups is 1. The van der Waals surface area contributed by atoms with E-state index >= 15 is 0 Å². The van der Waals surface area contributed by atoms with Crippen LogP contribution in [0.2, 0.25) is 0 Å². The molecule has 0 radical (unpaired) electrons. The lowest BCUT2D eigenvalue weighted by Gasteiger charge is -2.06. The van der Waals surface area contributed by atoms with Gasteiger partial charge in [0.1, 0.15) is 5.65 Å². The van der Waals surface area contributed by atoms with Crippen molar-refractivity contribution in [1.82, 2.24) is 9.97 Å². The van der Waals surface area contributed by atoms with Crippen LogP contribution in [0, 0.1) is 0 Å². The molecule has 0 aliphatic carbocycles. The van der Waals surface area contributed by atoms with Gasteiger partial charge in [-0.1, -0.05) is 12.1 Å². The molecule has 3 aromatic rings. The Kier molecular flexibility index (Phi) is 3.28. The number of hydrogen-bond donors (Lipinski definition) is 2. The zero-order valence-electron chi connectivity index (χ0n) is 10.4. The van der Waals surface area contributed by atoms with Gasteiger partial charge in [0.05, 0.1) is 5.56 Å². The Morgan fingerprint density at radius 1 is 1.25 bits per heavy atom. The van der Waals surface area contributed by atoms with Crippen LogP contribution < -0.4 is 0 Å². The Bertz CT molecular complexity index is 778. The minimum absolute atomic E-state index is 0.298. The molecule has 0 unspecified atom stereocenters. The molecule has 0 saturated heterocycles. The average molecular weight is 331 g/mol. The van der Waals surface area contributed by atoms with Crippen molar-refractivity contribution in [2.75, 3.05) is 0 Å². The molecule has 4 nitrogen and oxygen atoms in total. The highest BCUT2D eigenvalue weighted by atomic mass is 79.9. The van der Waals surface area contributed by atoms with E-state index in [1.54, 1.807) is 12.1 Å². The highest BCUT2D eigenvalue weighted by molar-refractivity contribution is 9.10. The van der Waals surface area contributed by atoms with Gasteiger partial charge in [-0.05, 0) is 45.3 Å². The second kappa shape index (κ2) is 5.09. The number of carboxylic acids is 1.